The molecular formula is C24H31NO2. The van der Waals surface area contributed by atoms with Crippen LogP contribution in [-0.2, 0) is 17.6 Å². The molecule has 0 saturated carbocycles. The third-order valence-electron chi connectivity index (χ3n) is 5.23. The lowest BCUT2D eigenvalue weighted by Gasteiger charge is -2.24. The zero-order valence-electron chi connectivity index (χ0n) is 16.7. The minimum atomic E-state index is -0.523. The first kappa shape index (κ1) is 19.5. The van der Waals surface area contributed by atoms with Crippen molar-refractivity contribution in [3.05, 3.63) is 65.2 Å². The number of fused-ring (bicyclic) bond motifs is 1. The van der Waals surface area contributed by atoms with Gasteiger partial charge in [0.15, 0.2) is 6.10 Å². The van der Waals surface area contributed by atoms with Crippen LogP contribution in [-0.4, -0.2) is 12.0 Å². The van der Waals surface area contributed by atoms with E-state index in [9.17, 15) is 4.79 Å². The van der Waals surface area contributed by atoms with Crippen LogP contribution >= 0.6 is 0 Å². The van der Waals surface area contributed by atoms with Crippen molar-refractivity contribution < 1.29 is 9.53 Å². The van der Waals surface area contributed by atoms with E-state index in [4.69, 9.17) is 4.74 Å². The Morgan fingerprint density at radius 3 is 2.41 bits per heavy atom. The van der Waals surface area contributed by atoms with E-state index >= 15 is 0 Å². The number of amides is 1. The smallest absolute Gasteiger partial charge is 0.261 e. The van der Waals surface area contributed by atoms with E-state index in [2.05, 4.69) is 43.4 Å². The molecule has 2 atom stereocenters. The molecule has 0 radical (unpaired) electrons. The number of hydrogen-bond donors (Lipinski definition) is 1. The fourth-order valence-corrected chi connectivity index (χ4v) is 3.76. The summed E-state index contributed by atoms with van der Waals surface area (Å²) >= 11 is 0. The van der Waals surface area contributed by atoms with Gasteiger partial charge in [-0.05, 0) is 73.8 Å². The van der Waals surface area contributed by atoms with Crippen LogP contribution in [0.1, 0.15) is 62.8 Å². The zero-order valence-corrected chi connectivity index (χ0v) is 16.7. The second-order valence-electron chi connectivity index (χ2n) is 8.00. The standard InChI is InChI=1S/C24H31NO2/c1-17(2)15-23(20-10-5-4-6-11-20)25-24(26)18(3)27-22-14-13-19-9-7-8-12-21(19)16-22/h4-6,10-11,13-14,16-18,23H,7-9,12,15H2,1-3H3,(H,25,26)/t18-,23+/m1/s1. The summed E-state index contributed by atoms with van der Waals surface area (Å²) in [5.41, 5.74) is 3.93. The molecule has 1 amide bonds. The summed E-state index contributed by atoms with van der Waals surface area (Å²) < 4.78 is 5.97. The van der Waals surface area contributed by atoms with Gasteiger partial charge in [0, 0.05) is 0 Å². The minimum absolute atomic E-state index is 0.00767. The normalized spacial score (nSPS) is 15.7. The highest BCUT2D eigenvalue weighted by Gasteiger charge is 2.21. The van der Waals surface area contributed by atoms with Crippen molar-refractivity contribution in [3.8, 4) is 5.75 Å². The Bertz CT molecular complexity index is 754. The second kappa shape index (κ2) is 9.07. The number of ether oxygens (including phenoxy) is 1. The maximum absolute atomic E-state index is 12.8. The molecule has 3 heteroatoms. The summed E-state index contributed by atoms with van der Waals surface area (Å²) in [6.07, 6.45) is 5.15. The maximum Gasteiger partial charge on any atom is 0.261 e. The molecule has 0 aromatic heterocycles. The van der Waals surface area contributed by atoms with E-state index in [0.717, 1.165) is 30.6 Å². The number of aryl methyl sites for hydroxylation is 2. The highest BCUT2D eigenvalue weighted by atomic mass is 16.5. The molecule has 0 bridgehead atoms. The van der Waals surface area contributed by atoms with E-state index in [1.807, 2.05) is 31.2 Å². The van der Waals surface area contributed by atoms with E-state index in [1.165, 1.54) is 24.0 Å². The van der Waals surface area contributed by atoms with Crippen LogP contribution in [0.5, 0.6) is 5.75 Å². The molecule has 3 nitrogen and oxygen atoms in total. The zero-order chi connectivity index (χ0) is 19.2. The molecule has 1 aliphatic carbocycles. The number of rotatable bonds is 7. The predicted octanol–water partition coefficient (Wildman–Crippen LogP) is 5.24. The van der Waals surface area contributed by atoms with Crippen molar-refractivity contribution in [2.45, 2.75) is 65.0 Å². The highest BCUT2D eigenvalue weighted by molar-refractivity contribution is 5.81. The van der Waals surface area contributed by atoms with Crippen molar-refractivity contribution in [3.63, 3.8) is 0 Å². The van der Waals surface area contributed by atoms with Crippen molar-refractivity contribution in [1.29, 1.82) is 0 Å². The molecule has 0 aliphatic heterocycles. The molecule has 3 rings (SSSR count). The van der Waals surface area contributed by atoms with Crippen LogP contribution in [0.3, 0.4) is 0 Å². The third kappa shape index (κ3) is 5.35. The van der Waals surface area contributed by atoms with Gasteiger partial charge in [0.1, 0.15) is 5.75 Å². The summed E-state index contributed by atoms with van der Waals surface area (Å²) in [6.45, 7) is 6.18. The summed E-state index contributed by atoms with van der Waals surface area (Å²) in [6, 6.07) is 16.4. The number of carbonyl (C=O) groups excluding carboxylic acids is 1. The van der Waals surface area contributed by atoms with Gasteiger partial charge in [0.25, 0.3) is 5.91 Å². The van der Waals surface area contributed by atoms with Crippen LogP contribution in [0.4, 0.5) is 0 Å². The Labute approximate surface area is 163 Å². The molecule has 0 spiro atoms. The third-order valence-corrected chi connectivity index (χ3v) is 5.23. The van der Waals surface area contributed by atoms with Gasteiger partial charge in [-0.2, -0.15) is 0 Å². The van der Waals surface area contributed by atoms with E-state index in [-0.39, 0.29) is 11.9 Å². The highest BCUT2D eigenvalue weighted by Crippen LogP contribution is 2.26. The maximum atomic E-state index is 12.8. The lowest BCUT2D eigenvalue weighted by atomic mass is 9.92. The van der Waals surface area contributed by atoms with Gasteiger partial charge in [-0.1, -0.05) is 50.2 Å². The first-order chi connectivity index (χ1) is 13.0. The van der Waals surface area contributed by atoms with Gasteiger partial charge in [0.2, 0.25) is 0 Å². The van der Waals surface area contributed by atoms with Crippen molar-refractivity contribution in [1.82, 2.24) is 5.32 Å². The SMILES string of the molecule is CC(C)C[C@H](NC(=O)[C@@H](C)Oc1ccc2c(c1)CCCC2)c1ccccc1. The summed E-state index contributed by atoms with van der Waals surface area (Å²) in [4.78, 5) is 12.8. The van der Waals surface area contributed by atoms with Gasteiger partial charge in [-0.3, -0.25) is 4.79 Å². The Morgan fingerprint density at radius 1 is 1.00 bits per heavy atom. The fourth-order valence-electron chi connectivity index (χ4n) is 3.76. The van der Waals surface area contributed by atoms with Crippen LogP contribution in [0.2, 0.25) is 0 Å². The number of carbonyl (C=O) groups is 1. The lowest BCUT2D eigenvalue weighted by Crippen LogP contribution is -2.39. The quantitative estimate of drug-likeness (QED) is 0.729. The second-order valence-corrected chi connectivity index (χ2v) is 8.00. The molecule has 1 aliphatic rings. The van der Waals surface area contributed by atoms with Crippen LogP contribution in [0, 0.1) is 5.92 Å². The molecule has 144 valence electrons. The average molecular weight is 366 g/mol. The number of hydrogen-bond acceptors (Lipinski definition) is 2. The Hall–Kier alpha value is -2.29. The average Bonchev–Trinajstić information content (AvgIpc) is 2.67. The minimum Gasteiger partial charge on any atom is -0.481 e. The molecule has 0 fully saturated rings. The van der Waals surface area contributed by atoms with Gasteiger partial charge < -0.3 is 10.1 Å². The van der Waals surface area contributed by atoms with Gasteiger partial charge in [-0.15, -0.1) is 0 Å². The summed E-state index contributed by atoms with van der Waals surface area (Å²) in [7, 11) is 0. The topological polar surface area (TPSA) is 38.3 Å². The van der Waals surface area contributed by atoms with E-state index in [1.54, 1.807) is 0 Å². The summed E-state index contributed by atoms with van der Waals surface area (Å²) in [5.74, 6) is 1.22. The Morgan fingerprint density at radius 2 is 1.70 bits per heavy atom. The molecular weight excluding hydrogens is 334 g/mol. The van der Waals surface area contributed by atoms with Gasteiger partial charge in [-0.25, -0.2) is 0 Å². The Balaban J connectivity index is 1.65. The lowest BCUT2D eigenvalue weighted by molar-refractivity contribution is -0.128. The van der Waals surface area contributed by atoms with Crippen molar-refractivity contribution >= 4 is 5.91 Å². The first-order valence-corrected chi connectivity index (χ1v) is 10.2. The molecule has 1 N–H and O–H groups in total. The van der Waals surface area contributed by atoms with Crippen LogP contribution in [0.25, 0.3) is 0 Å². The largest absolute Gasteiger partial charge is 0.481 e. The molecule has 0 unspecified atom stereocenters. The summed E-state index contributed by atoms with van der Waals surface area (Å²) in [5, 5.41) is 3.18. The van der Waals surface area contributed by atoms with Crippen LogP contribution < -0.4 is 10.1 Å². The van der Waals surface area contributed by atoms with Crippen LogP contribution in [0.15, 0.2) is 48.5 Å². The Kier molecular flexibility index (Phi) is 6.54. The first-order valence-electron chi connectivity index (χ1n) is 10.2. The molecule has 2 aromatic carbocycles. The number of benzene rings is 2. The van der Waals surface area contributed by atoms with Crippen molar-refractivity contribution in [2.24, 2.45) is 5.92 Å². The van der Waals surface area contributed by atoms with Crippen molar-refractivity contribution in [2.75, 3.05) is 0 Å². The molecule has 0 saturated heterocycles. The fraction of sp³-hybridized carbons (Fsp3) is 0.458. The number of nitrogens with one attached hydrogen (secondary N) is 1. The molecule has 27 heavy (non-hydrogen) atoms. The van der Waals surface area contributed by atoms with E-state index < -0.39 is 6.10 Å². The molecule has 2 aromatic rings. The van der Waals surface area contributed by atoms with E-state index in [0.29, 0.717) is 5.92 Å². The predicted molar refractivity (Wildman–Crippen MR) is 110 cm³/mol. The van der Waals surface area contributed by atoms with Gasteiger partial charge in [0.05, 0.1) is 6.04 Å². The molecule has 0 heterocycles. The monoisotopic (exact) mass is 365 g/mol. The van der Waals surface area contributed by atoms with Gasteiger partial charge >= 0.3 is 0 Å².